The fourth-order valence-electron chi connectivity index (χ4n) is 3.68. The van der Waals surface area contributed by atoms with Gasteiger partial charge in [-0.15, -0.1) is 0 Å². The number of ether oxygens (including phenoxy) is 5. The highest BCUT2D eigenvalue weighted by molar-refractivity contribution is 5.92. The molecule has 196 valence electrons. The monoisotopic (exact) mass is 510 g/mol. The average Bonchev–Trinajstić information content (AvgIpc) is 2.75. The maximum Gasteiger partial charge on any atom is 0.303 e. The van der Waals surface area contributed by atoms with Crippen LogP contribution < -0.4 is 4.90 Å². The third kappa shape index (κ3) is 7.21. The molecule has 1 aromatic carbocycles. The van der Waals surface area contributed by atoms with Crippen molar-refractivity contribution in [3.63, 3.8) is 0 Å². The second-order valence-electron chi connectivity index (χ2n) is 7.76. The van der Waals surface area contributed by atoms with Crippen LogP contribution in [0.4, 0.5) is 11.4 Å². The largest absolute Gasteiger partial charge is 0.463 e. The van der Waals surface area contributed by atoms with Crippen LogP contribution >= 0.6 is 0 Å². The molecule has 14 heteroatoms. The highest BCUT2D eigenvalue weighted by Gasteiger charge is 2.54. The molecule has 1 aliphatic heterocycles. The number of rotatable bonds is 8. The van der Waals surface area contributed by atoms with Crippen molar-refractivity contribution in [2.24, 2.45) is 0 Å². The molecule has 0 radical (unpaired) electrons. The summed E-state index contributed by atoms with van der Waals surface area (Å²) in [5.74, 6) is -3.89. The van der Waals surface area contributed by atoms with E-state index < -0.39 is 72.0 Å². The number of nitrogens with zero attached hydrogens (tertiary/aromatic N) is 2. The van der Waals surface area contributed by atoms with Crippen LogP contribution in [0.15, 0.2) is 24.3 Å². The number of amides is 1. The number of nitro groups is 1. The zero-order valence-electron chi connectivity index (χ0n) is 20.2. The van der Waals surface area contributed by atoms with E-state index in [1.807, 2.05) is 0 Å². The first-order chi connectivity index (χ1) is 16.8. The van der Waals surface area contributed by atoms with Gasteiger partial charge in [-0.25, -0.2) is 0 Å². The summed E-state index contributed by atoms with van der Waals surface area (Å²) in [5, 5.41) is 11.3. The molecule has 5 atom stereocenters. The van der Waals surface area contributed by atoms with Crippen LogP contribution in [0.3, 0.4) is 0 Å². The van der Waals surface area contributed by atoms with Crippen LogP contribution in [-0.2, 0) is 47.7 Å². The molecule has 1 heterocycles. The molecule has 0 saturated carbocycles. The smallest absolute Gasteiger partial charge is 0.303 e. The van der Waals surface area contributed by atoms with E-state index in [9.17, 15) is 34.1 Å². The Morgan fingerprint density at radius 1 is 0.889 bits per heavy atom. The van der Waals surface area contributed by atoms with E-state index in [0.717, 1.165) is 45.6 Å². The Morgan fingerprint density at radius 2 is 1.44 bits per heavy atom. The quantitative estimate of drug-likeness (QED) is 0.210. The Hall–Kier alpha value is -4.07. The molecule has 1 aromatic rings. The van der Waals surface area contributed by atoms with E-state index in [4.69, 9.17) is 23.7 Å². The lowest BCUT2D eigenvalue weighted by Crippen LogP contribution is -2.67. The Balaban J connectivity index is 2.69. The van der Waals surface area contributed by atoms with Crippen molar-refractivity contribution in [1.82, 2.24) is 0 Å². The lowest BCUT2D eigenvalue weighted by Gasteiger charge is -2.47. The number of hydrogen-bond donors (Lipinski definition) is 0. The van der Waals surface area contributed by atoms with E-state index in [0.29, 0.717) is 0 Å². The Labute approximate surface area is 205 Å². The van der Waals surface area contributed by atoms with Crippen LogP contribution in [0.5, 0.6) is 0 Å². The fraction of sp³-hybridized carbons (Fsp3) is 0.500. The van der Waals surface area contributed by atoms with Crippen LogP contribution in [0.1, 0.15) is 34.6 Å². The minimum atomic E-state index is -1.55. The fourth-order valence-corrected chi connectivity index (χ4v) is 3.68. The maximum atomic E-state index is 12.8. The summed E-state index contributed by atoms with van der Waals surface area (Å²) >= 11 is 0. The number of carbonyl (C=O) groups is 5. The number of benzene rings is 1. The minimum Gasteiger partial charge on any atom is -0.463 e. The van der Waals surface area contributed by atoms with Crippen molar-refractivity contribution in [3.8, 4) is 0 Å². The SMILES string of the molecule is CC(=O)OC[C@H]1O[C@@H](N(C(C)=O)c2cccc([N+](=O)[O-])c2)[C@H](OC(C)=O)[C@@H](OC(C)=O)[C@@H]1OC(C)=O. The Kier molecular flexibility index (Phi) is 9.44. The van der Waals surface area contributed by atoms with E-state index >= 15 is 0 Å². The molecule has 36 heavy (non-hydrogen) atoms. The van der Waals surface area contributed by atoms with Gasteiger partial charge in [-0.05, 0) is 6.07 Å². The van der Waals surface area contributed by atoms with Gasteiger partial charge in [-0.2, -0.15) is 0 Å². The van der Waals surface area contributed by atoms with Gasteiger partial charge in [0.05, 0.1) is 10.6 Å². The van der Waals surface area contributed by atoms with Gasteiger partial charge in [0.1, 0.15) is 12.7 Å². The third-order valence-corrected chi connectivity index (χ3v) is 4.88. The zero-order valence-corrected chi connectivity index (χ0v) is 20.2. The van der Waals surface area contributed by atoms with Crippen molar-refractivity contribution in [2.45, 2.75) is 65.3 Å². The maximum absolute atomic E-state index is 12.8. The van der Waals surface area contributed by atoms with Crippen LogP contribution in [-0.4, -0.2) is 72.0 Å². The summed E-state index contributed by atoms with van der Waals surface area (Å²) in [6, 6.07) is 5.00. The standard InChI is InChI=1S/C22H26N2O12/c1-11(25)23(16-7-6-8-17(9-16)24(30)31)22-21(35-15(5)29)20(34-14(4)28)19(33-13(3)27)18(36-22)10-32-12(2)26/h6-9,18-22H,10H2,1-5H3/t18-,19-,20+,21-,22-/m1/s1. The predicted molar refractivity (Wildman–Crippen MR) is 118 cm³/mol. The third-order valence-electron chi connectivity index (χ3n) is 4.88. The molecule has 0 unspecified atom stereocenters. The van der Waals surface area contributed by atoms with Crippen molar-refractivity contribution >= 4 is 41.2 Å². The highest BCUT2D eigenvalue weighted by atomic mass is 16.7. The van der Waals surface area contributed by atoms with E-state index in [-0.39, 0.29) is 11.4 Å². The Morgan fingerprint density at radius 3 is 1.94 bits per heavy atom. The lowest BCUT2D eigenvalue weighted by atomic mass is 9.96. The average molecular weight is 510 g/mol. The molecule has 0 aromatic heterocycles. The molecule has 1 fully saturated rings. The van der Waals surface area contributed by atoms with Crippen molar-refractivity contribution in [3.05, 3.63) is 34.4 Å². The predicted octanol–water partition coefficient (Wildman–Crippen LogP) is 1.03. The first-order valence-electron chi connectivity index (χ1n) is 10.7. The molecule has 1 amide bonds. The van der Waals surface area contributed by atoms with Crippen molar-refractivity contribution in [1.29, 1.82) is 0 Å². The Bertz CT molecular complexity index is 1040. The lowest BCUT2D eigenvalue weighted by molar-refractivity contribution is -0.384. The zero-order chi connectivity index (χ0) is 27.2. The summed E-state index contributed by atoms with van der Waals surface area (Å²) in [6.45, 7) is 4.95. The summed E-state index contributed by atoms with van der Waals surface area (Å²) in [7, 11) is 0. The van der Waals surface area contributed by atoms with Gasteiger partial charge in [-0.1, -0.05) is 6.07 Å². The van der Waals surface area contributed by atoms with Crippen LogP contribution in [0, 0.1) is 10.1 Å². The van der Waals surface area contributed by atoms with Gasteiger partial charge in [0, 0.05) is 46.8 Å². The molecule has 0 spiro atoms. The summed E-state index contributed by atoms with van der Waals surface area (Å²) < 4.78 is 27.0. The van der Waals surface area contributed by atoms with E-state index in [1.165, 1.54) is 18.2 Å². The molecule has 1 aliphatic rings. The normalized spacial score (nSPS) is 23.1. The van der Waals surface area contributed by atoms with E-state index in [1.54, 1.807) is 0 Å². The molecule has 14 nitrogen and oxygen atoms in total. The number of hydrogen-bond acceptors (Lipinski definition) is 12. The van der Waals surface area contributed by atoms with Gasteiger partial charge in [-0.3, -0.25) is 39.0 Å². The first kappa shape index (κ1) is 28.2. The van der Waals surface area contributed by atoms with Gasteiger partial charge in [0.25, 0.3) is 5.69 Å². The molecular weight excluding hydrogens is 484 g/mol. The number of anilines is 1. The van der Waals surface area contributed by atoms with Crippen molar-refractivity contribution in [2.75, 3.05) is 11.5 Å². The number of nitro benzene ring substituents is 1. The van der Waals surface area contributed by atoms with Crippen molar-refractivity contribution < 1.29 is 52.6 Å². The van der Waals surface area contributed by atoms with Crippen LogP contribution in [0.2, 0.25) is 0 Å². The summed E-state index contributed by atoms with van der Waals surface area (Å²) in [6.07, 6.45) is -7.29. The highest BCUT2D eigenvalue weighted by Crippen LogP contribution is 2.34. The second kappa shape index (κ2) is 12.1. The van der Waals surface area contributed by atoms with E-state index in [2.05, 4.69) is 0 Å². The van der Waals surface area contributed by atoms with Gasteiger partial charge < -0.3 is 23.7 Å². The molecule has 0 N–H and O–H groups in total. The van der Waals surface area contributed by atoms with Crippen LogP contribution in [0.25, 0.3) is 0 Å². The first-order valence-corrected chi connectivity index (χ1v) is 10.7. The van der Waals surface area contributed by atoms with Gasteiger partial charge in [0.2, 0.25) is 5.91 Å². The number of esters is 4. The number of non-ortho nitro benzene ring substituents is 1. The topological polar surface area (TPSA) is 178 Å². The second-order valence-corrected chi connectivity index (χ2v) is 7.76. The molecule has 0 bridgehead atoms. The van der Waals surface area contributed by atoms with Gasteiger partial charge in [0.15, 0.2) is 24.5 Å². The summed E-state index contributed by atoms with van der Waals surface area (Å²) in [4.78, 5) is 71.6. The number of carbonyl (C=O) groups excluding carboxylic acids is 5. The minimum absolute atomic E-state index is 0.00222. The molecule has 0 aliphatic carbocycles. The van der Waals surface area contributed by atoms with Gasteiger partial charge >= 0.3 is 23.9 Å². The summed E-state index contributed by atoms with van der Waals surface area (Å²) in [5.41, 5.74) is -0.345. The molecule has 2 rings (SSSR count). The molecular formula is C22H26N2O12. The molecule has 1 saturated heterocycles.